The van der Waals surface area contributed by atoms with E-state index in [1.807, 2.05) is 17.6 Å². The van der Waals surface area contributed by atoms with Crippen LogP contribution in [-0.4, -0.2) is 15.1 Å². The number of nitrogens with zero attached hydrogens (tertiary/aromatic N) is 1. The summed E-state index contributed by atoms with van der Waals surface area (Å²) in [4.78, 5) is 7.52. The number of H-pyrrole nitrogens is 1. The Kier molecular flexibility index (Phi) is 3.76. The highest BCUT2D eigenvalue weighted by Gasteiger charge is 2.13. The Bertz CT molecular complexity index is 995. The van der Waals surface area contributed by atoms with E-state index in [4.69, 9.17) is 0 Å². The standard InChI is InChI=1S/C18H14FN3OS/c19-13-1-2-15(12(7-13)9-23)22-16-8-21-18-17(16)14(3-5-20-18)11-4-6-24-10-11/h1-8,10,22-23H,9H2,(H,20,21). The third-order valence-electron chi connectivity index (χ3n) is 3.91. The topological polar surface area (TPSA) is 60.9 Å². The molecule has 4 nitrogen and oxygen atoms in total. The Morgan fingerprint density at radius 3 is 2.92 bits per heavy atom. The van der Waals surface area contributed by atoms with Crippen molar-refractivity contribution in [2.75, 3.05) is 5.32 Å². The van der Waals surface area contributed by atoms with Gasteiger partial charge in [0.1, 0.15) is 11.5 Å². The lowest BCUT2D eigenvalue weighted by Gasteiger charge is -2.11. The van der Waals surface area contributed by atoms with E-state index in [9.17, 15) is 9.50 Å². The summed E-state index contributed by atoms with van der Waals surface area (Å²) in [5.74, 6) is -0.371. The summed E-state index contributed by atoms with van der Waals surface area (Å²) in [5.41, 5.74) is 4.97. The quantitative estimate of drug-likeness (QED) is 0.506. The van der Waals surface area contributed by atoms with Crippen LogP contribution in [0.15, 0.2) is 53.5 Å². The van der Waals surface area contributed by atoms with E-state index in [0.717, 1.165) is 27.8 Å². The summed E-state index contributed by atoms with van der Waals surface area (Å²) in [6.07, 6.45) is 3.60. The smallest absolute Gasteiger partial charge is 0.140 e. The number of aromatic nitrogens is 2. The summed E-state index contributed by atoms with van der Waals surface area (Å²) >= 11 is 1.64. The average Bonchev–Trinajstić information content (AvgIpc) is 3.26. The van der Waals surface area contributed by atoms with E-state index in [1.54, 1.807) is 23.6 Å². The first-order chi connectivity index (χ1) is 11.8. The third-order valence-corrected chi connectivity index (χ3v) is 4.60. The summed E-state index contributed by atoms with van der Waals surface area (Å²) in [6, 6.07) is 8.36. The SMILES string of the molecule is OCc1cc(F)ccc1Nc1c[nH]c2nccc(-c3ccsc3)c12. The van der Waals surface area contributed by atoms with Crippen molar-refractivity contribution in [3.63, 3.8) is 0 Å². The second-order valence-electron chi connectivity index (χ2n) is 5.38. The van der Waals surface area contributed by atoms with Crippen LogP contribution < -0.4 is 5.32 Å². The third kappa shape index (κ3) is 2.55. The molecule has 3 aromatic heterocycles. The van der Waals surface area contributed by atoms with Gasteiger partial charge in [0.15, 0.2) is 0 Å². The number of thiophene rings is 1. The lowest BCUT2D eigenvalue weighted by atomic mass is 10.1. The van der Waals surface area contributed by atoms with Gasteiger partial charge in [0.25, 0.3) is 0 Å². The van der Waals surface area contributed by atoms with E-state index in [-0.39, 0.29) is 12.4 Å². The summed E-state index contributed by atoms with van der Waals surface area (Å²) in [5, 5.41) is 17.8. The lowest BCUT2D eigenvalue weighted by molar-refractivity contribution is 0.282. The van der Waals surface area contributed by atoms with Gasteiger partial charge in [-0.05, 0) is 52.2 Å². The normalized spacial score (nSPS) is 11.1. The molecule has 3 heterocycles. The molecular weight excluding hydrogens is 325 g/mol. The minimum Gasteiger partial charge on any atom is -0.392 e. The number of benzene rings is 1. The number of aliphatic hydroxyl groups excluding tert-OH is 1. The maximum Gasteiger partial charge on any atom is 0.140 e. The van der Waals surface area contributed by atoms with Gasteiger partial charge in [0.05, 0.1) is 17.7 Å². The molecule has 0 saturated heterocycles. The minimum absolute atomic E-state index is 0.238. The Labute approximate surface area is 141 Å². The number of aliphatic hydroxyl groups is 1. The number of hydrogen-bond acceptors (Lipinski definition) is 4. The van der Waals surface area contributed by atoms with Gasteiger partial charge in [-0.3, -0.25) is 0 Å². The number of halogens is 1. The van der Waals surface area contributed by atoms with Crippen LogP contribution in [0.4, 0.5) is 15.8 Å². The molecule has 0 amide bonds. The highest BCUT2D eigenvalue weighted by atomic mass is 32.1. The Morgan fingerprint density at radius 1 is 1.21 bits per heavy atom. The van der Waals surface area contributed by atoms with Gasteiger partial charge in [-0.1, -0.05) is 0 Å². The van der Waals surface area contributed by atoms with E-state index >= 15 is 0 Å². The molecule has 24 heavy (non-hydrogen) atoms. The number of nitrogens with one attached hydrogen (secondary N) is 2. The number of rotatable bonds is 4. The van der Waals surface area contributed by atoms with E-state index in [2.05, 4.69) is 26.7 Å². The molecule has 0 bridgehead atoms. The summed E-state index contributed by atoms with van der Waals surface area (Å²) in [7, 11) is 0. The Hall–Kier alpha value is -2.70. The molecule has 0 saturated carbocycles. The second kappa shape index (κ2) is 6.07. The zero-order valence-corrected chi connectivity index (χ0v) is 13.4. The molecule has 0 aliphatic rings. The Balaban J connectivity index is 1.84. The van der Waals surface area contributed by atoms with Crippen LogP contribution >= 0.6 is 11.3 Å². The second-order valence-corrected chi connectivity index (χ2v) is 6.16. The molecule has 120 valence electrons. The van der Waals surface area contributed by atoms with Gasteiger partial charge < -0.3 is 15.4 Å². The molecule has 0 atom stereocenters. The van der Waals surface area contributed by atoms with Gasteiger partial charge in [-0.2, -0.15) is 11.3 Å². The summed E-state index contributed by atoms with van der Waals surface area (Å²) < 4.78 is 13.4. The average molecular weight is 339 g/mol. The van der Waals surface area contributed by atoms with E-state index in [0.29, 0.717) is 11.3 Å². The molecule has 0 aliphatic carbocycles. The Morgan fingerprint density at radius 2 is 2.12 bits per heavy atom. The minimum atomic E-state index is -0.371. The fraction of sp³-hybridized carbons (Fsp3) is 0.0556. The number of hydrogen-bond donors (Lipinski definition) is 3. The van der Waals surface area contributed by atoms with Gasteiger partial charge in [-0.25, -0.2) is 9.37 Å². The first kappa shape index (κ1) is 14.9. The maximum absolute atomic E-state index is 13.4. The number of fused-ring (bicyclic) bond motifs is 1. The van der Waals surface area contributed by atoms with Crippen molar-refractivity contribution in [3.8, 4) is 11.1 Å². The predicted molar refractivity (Wildman–Crippen MR) is 95.0 cm³/mol. The zero-order valence-electron chi connectivity index (χ0n) is 12.6. The number of pyridine rings is 1. The molecule has 0 unspecified atom stereocenters. The fourth-order valence-corrected chi connectivity index (χ4v) is 3.43. The first-order valence-electron chi connectivity index (χ1n) is 7.41. The molecule has 0 radical (unpaired) electrons. The van der Waals surface area contributed by atoms with E-state index < -0.39 is 0 Å². The fourth-order valence-electron chi connectivity index (χ4n) is 2.77. The van der Waals surface area contributed by atoms with Gasteiger partial charge in [-0.15, -0.1) is 0 Å². The zero-order chi connectivity index (χ0) is 16.5. The van der Waals surface area contributed by atoms with Crippen molar-refractivity contribution in [3.05, 3.63) is 64.9 Å². The predicted octanol–water partition coefficient (Wildman–Crippen LogP) is 4.67. The van der Waals surface area contributed by atoms with Gasteiger partial charge in [0.2, 0.25) is 0 Å². The molecule has 4 aromatic rings. The van der Waals surface area contributed by atoms with Crippen LogP contribution in [0, 0.1) is 5.82 Å². The van der Waals surface area contributed by atoms with Crippen LogP contribution in [0.25, 0.3) is 22.2 Å². The van der Waals surface area contributed by atoms with Crippen LogP contribution in [0.5, 0.6) is 0 Å². The van der Waals surface area contributed by atoms with Crippen molar-refractivity contribution < 1.29 is 9.50 Å². The molecule has 0 aliphatic heterocycles. The monoisotopic (exact) mass is 339 g/mol. The number of aromatic amines is 1. The molecule has 1 aromatic carbocycles. The molecule has 0 spiro atoms. The van der Waals surface area contributed by atoms with Crippen molar-refractivity contribution in [2.45, 2.75) is 6.61 Å². The van der Waals surface area contributed by atoms with Crippen molar-refractivity contribution in [1.29, 1.82) is 0 Å². The largest absolute Gasteiger partial charge is 0.392 e. The molecule has 6 heteroatoms. The van der Waals surface area contributed by atoms with Crippen LogP contribution in [0.1, 0.15) is 5.56 Å². The van der Waals surface area contributed by atoms with Gasteiger partial charge in [0, 0.05) is 23.6 Å². The number of anilines is 2. The molecule has 0 fully saturated rings. The maximum atomic E-state index is 13.4. The highest BCUT2D eigenvalue weighted by Crippen LogP contribution is 2.35. The molecular formula is C18H14FN3OS. The van der Waals surface area contributed by atoms with Crippen molar-refractivity contribution in [2.24, 2.45) is 0 Å². The summed E-state index contributed by atoms with van der Waals surface area (Å²) in [6.45, 7) is -0.238. The molecule has 4 rings (SSSR count). The van der Waals surface area contributed by atoms with Crippen molar-refractivity contribution in [1.82, 2.24) is 9.97 Å². The highest BCUT2D eigenvalue weighted by molar-refractivity contribution is 7.08. The molecule has 3 N–H and O–H groups in total. The van der Waals surface area contributed by atoms with Crippen molar-refractivity contribution >= 4 is 33.7 Å². The van der Waals surface area contributed by atoms with E-state index in [1.165, 1.54) is 12.1 Å². The van der Waals surface area contributed by atoms with Crippen LogP contribution in [0.2, 0.25) is 0 Å². The van der Waals surface area contributed by atoms with Crippen LogP contribution in [-0.2, 0) is 6.61 Å². The first-order valence-corrected chi connectivity index (χ1v) is 8.35. The van der Waals surface area contributed by atoms with Gasteiger partial charge >= 0.3 is 0 Å². The lowest BCUT2D eigenvalue weighted by Crippen LogP contribution is -1.97. The van der Waals surface area contributed by atoms with Crippen LogP contribution in [0.3, 0.4) is 0 Å².